The fourth-order valence-corrected chi connectivity index (χ4v) is 3.16. The van der Waals surface area contributed by atoms with E-state index < -0.39 is 5.60 Å². The van der Waals surface area contributed by atoms with Gasteiger partial charge in [0.1, 0.15) is 0 Å². The minimum atomic E-state index is -0.606. The van der Waals surface area contributed by atoms with Gasteiger partial charge in [-0.25, -0.2) is 0 Å². The summed E-state index contributed by atoms with van der Waals surface area (Å²) in [6, 6.07) is 0. The van der Waals surface area contributed by atoms with Crippen molar-refractivity contribution >= 4 is 5.91 Å². The maximum Gasteiger partial charge on any atom is 0.222 e. The molecule has 0 radical (unpaired) electrons. The third-order valence-corrected chi connectivity index (χ3v) is 3.97. The minimum absolute atomic E-state index is 0.234. The Morgan fingerprint density at radius 2 is 2.25 bits per heavy atom. The molecule has 1 heterocycles. The zero-order chi connectivity index (χ0) is 11.6. The first-order valence-corrected chi connectivity index (χ1v) is 6.59. The normalized spacial score (nSPS) is 36.5. The maximum absolute atomic E-state index is 11.7. The number of hydrogen-bond donors (Lipinski definition) is 1. The fourth-order valence-electron chi connectivity index (χ4n) is 3.16. The summed E-state index contributed by atoms with van der Waals surface area (Å²) >= 11 is 0. The number of β-amino-alcohol motifs (C(OH)–C–C–N with tert-alkyl or cyclic N) is 1. The van der Waals surface area contributed by atoms with E-state index in [0.29, 0.717) is 18.9 Å². The van der Waals surface area contributed by atoms with Crippen molar-refractivity contribution in [3.63, 3.8) is 0 Å². The van der Waals surface area contributed by atoms with E-state index in [9.17, 15) is 9.90 Å². The summed E-state index contributed by atoms with van der Waals surface area (Å²) in [5.41, 5.74) is -0.606. The van der Waals surface area contributed by atoms with Gasteiger partial charge in [0.05, 0.1) is 5.60 Å². The van der Waals surface area contributed by atoms with E-state index in [1.54, 1.807) is 0 Å². The Balaban J connectivity index is 1.93. The quantitative estimate of drug-likeness (QED) is 0.780. The zero-order valence-electron chi connectivity index (χ0n) is 10.2. The van der Waals surface area contributed by atoms with Crippen LogP contribution < -0.4 is 0 Å². The Bertz CT molecular complexity index is 267. The fraction of sp³-hybridized carbons (Fsp3) is 0.923. The van der Waals surface area contributed by atoms with Gasteiger partial charge in [-0.1, -0.05) is 19.8 Å². The van der Waals surface area contributed by atoms with Crippen LogP contribution in [0.4, 0.5) is 0 Å². The highest BCUT2D eigenvalue weighted by atomic mass is 16.3. The molecule has 1 saturated heterocycles. The second-order valence-electron chi connectivity index (χ2n) is 5.70. The first-order valence-electron chi connectivity index (χ1n) is 6.59. The first kappa shape index (κ1) is 11.9. The van der Waals surface area contributed by atoms with Crippen LogP contribution in [0.5, 0.6) is 0 Å². The summed E-state index contributed by atoms with van der Waals surface area (Å²) in [6.45, 7) is 3.61. The van der Waals surface area contributed by atoms with Crippen LogP contribution >= 0.6 is 0 Å². The Labute approximate surface area is 97.8 Å². The number of piperidine rings is 1. The van der Waals surface area contributed by atoms with Gasteiger partial charge in [0.15, 0.2) is 0 Å². The maximum atomic E-state index is 11.7. The van der Waals surface area contributed by atoms with E-state index in [0.717, 1.165) is 38.6 Å². The molecule has 3 nitrogen and oxygen atoms in total. The van der Waals surface area contributed by atoms with Crippen LogP contribution in [0.1, 0.15) is 51.9 Å². The van der Waals surface area contributed by atoms with E-state index in [-0.39, 0.29) is 5.91 Å². The minimum Gasteiger partial charge on any atom is -0.388 e. The number of rotatable bonds is 2. The number of likely N-dealkylation sites (tertiary alicyclic amines) is 1. The monoisotopic (exact) mass is 225 g/mol. The Morgan fingerprint density at radius 1 is 1.44 bits per heavy atom. The molecule has 1 amide bonds. The molecule has 92 valence electrons. The largest absolute Gasteiger partial charge is 0.388 e. The smallest absolute Gasteiger partial charge is 0.222 e. The lowest BCUT2D eigenvalue weighted by Crippen LogP contribution is -2.49. The third-order valence-electron chi connectivity index (χ3n) is 3.97. The lowest BCUT2D eigenvalue weighted by molar-refractivity contribution is -0.138. The Kier molecular flexibility index (Phi) is 3.53. The van der Waals surface area contributed by atoms with Crippen molar-refractivity contribution in [3.05, 3.63) is 0 Å². The molecule has 16 heavy (non-hydrogen) atoms. The summed E-state index contributed by atoms with van der Waals surface area (Å²) in [5, 5.41) is 10.5. The van der Waals surface area contributed by atoms with Gasteiger partial charge in [0, 0.05) is 19.5 Å². The van der Waals surface area contributed by atoms with Gasteiger partial charge in [0.25, 0.3) is 0 Å². The van der Waals surface area contributed by atoms with Crippen molar-refractivity contribution < 1.29 is 9.90 Å². The number of nitrogens with zero attached hydrogens (tertiary/aromatic N) is 1. The molecular weight excluding hydrogens is 202 g/mol. The molecule has 2 fully saturated rings. The Morgan fingerprint density at radius 3 is 2.94 bits per heavy atom. The second kappa shape index (κ2) is 4.74. The topological polar surface area (TPSA) is 40.5 Å². The van der Waals surface area contributed by atoms with Gasteiger partial charge >= 0.3 is 0 Å². The van der Waals surface area contributed by atoms with Crippen molar-refractivity contribution in [1.29, 1.82) is 0 Å². The number of aliphatic hydroxyl groups is 1. The molecule has 2 aliphatic rings. The van der Waals surface area contributed by atoms with Crippen LogP contribution in [0.2, 0.25) is 0 Å². The van der Waals surface area contributed by atoms with Crippen LogP contribution in [0.15, 0.2) is 0 Å². The van der Waals surface area contributed by atoms with Crippen LogP contribution in [-0.2, 0) is 4.79 Å². The SMILES string of the molecule is CC1CCCC(O)(CN2CCCCC2=O)C1. The highest BCUT2D eigenvalue weighted by molar-refractivity contribution is 5.76. The summed E-state index contributed by atoms with van der Waals surface area (Å²) in [6.07, 6.45) is 6.82. The van der Waals surface area contributed by atoms with Crippen LogP contribution in [0.3, 0.4) is 0 Å². The predicted molar refractivity (Wildman–Crippen MR) is 63.0 cm³/mol. The van der Waals surface area contributed by atoms with Crippen molar-refractivity contribution in [1.82, 2.24) is 4.90 Å². The van der Waals surface area contributed by atoms with E-state index in [1.807, 2.05) is 4.90 Å². The average Bonchev–Trinajstić information content (AvgIpc) is 2.21. The molecule has 3 heteroatoms. The van der Waals surface area contributed by atoms with Gasteiger partial charge in [-0.15, -0.1) is 0 Å². The standard InChI is InChI=1S/C13H23NO2/c1-11-5-4-7-13(16,9-11)10-14-8-3-2-6-12(14)15/h11,16H,2-10H2,1H3. The van der Waals surface area contributed by atoms with E-state index in [4.69, 9.17) is 0 Å². The molecule has 2 unspecified atom stereocenters. The van der Waals surface area contributed by atoms with Crippen molar-refractivity contribution in [2.75, 3.05) is 13.1 Å². The van der Waals surface area contributed by atoms with Gasteiger partial charge < -0.3 is 10.0 Å². The highest BCUT2D eigenvalue weighted by Gasteiger charge is 2.35. The first-order chi connectivity index (χ1) is 7.59. The van der Waals surface area contributed by atoms with Gasteiger partial charge in [-0.3, -0.25) is 4.79 Å². The molecule has 0 aromatic heterocycles. The summed E-state index contributed by atoms with van der Waals surface area (Å²) in [5.74, 6) is 0.830. The molecule has 0 aromatic rings. The molecule has 1 aliphatic carbocycles. The van der Waals surface area contributed by atoms with Crippen molar-refractivity contribution in [2.24, 2.45) is 5.92 Å². The third kappa shape index (κ3) is 2.76. The molecule has 1 saturated carbocycles. The summed E-state index contributed by atoms with van der Waals surface area (Å²) in [4.78, 5) is 13.6. The van der Waals surface area contributed by atoms with Gasteiger partial charge in [-0.2, -0.15) is 0 Å². The number of amides is 1. The highest BCUT2D eigenvalue weighted by Crippen LogP contribution is 2.33. The van der Waals surface area contributed by atoms with E-state index >= 15 is 0 Å². The molecule has 2 atom stereocenters. The van der Waals surface area contributed by atoms with Crippen LogP contribution in [0.25, 0.3) is 0 Å². The average molecular weight is 225 g/mol. The number of carbonyl (C=O) groups is 1. The molecule has 2 rings (SSSR count). The van der Waals surface area contributed by atoms with E-state index in [1.165, 1.54) is 6.42 Å². The van der Waals surface area contributed by atoms with Crippen LogP contribution in [0, 0.1) is 5.92 Å². The van der Waals surface area contributed by atoms with Crippen molar-refractivity contribution in [2.45, 2.75) is 57.5 Å². The van der Waals surface area contributed by atoms with Gasteiger partial charge in [-0.05, 0) is 31.6 Å². The molecule has 1 aliphatic heterocycles. The molecule has 0 bridgehead atoms. The molecular formula is C13H23NO2. The number of hydrogen-bond acceptors (Lipinski definition) is 2. The lowest BCUT2D eigenvalue weighted by Gasteiger charge is -2.40. The molecule has 0 spiro atoms. The molecule has 1 N–H and O–H groups in total. The second-order valence-corrected chi connectivity index (χ2v) is 5.70. The summed E-state index contributed by atoms with van der Waals surface area (Å²) < 4.78 is 0. The Hall–Kier alpha value is -0.570. The lowest BCUT2D eigenvalue weighted by atomic mass is 9.78. The van der Waals surface area contributed by atoms with Gasteiger partial charge in [0.2, 0.25) is 5.91 Å². The number of carbonyl (C=O) groups excluding carboxylic acids is 1. The van der Waals surface area contributed by atoms with E-state index in [2.05, 4.69) is 6.92 Å². The zero-order valence-corrected chi connectivity index (χ0v) is 10.2. The predicted octanol–water partition coefficient (Wildman–Crippen LogP) is 1.94. The van der Waals surface area contributed by atoms with Crippen LogP contribution in [-0.4, -0.2) is 34.6 Å². The molecule has 0 aromatic carbocycles. The summed E-state index contributed by atoms with van der Waals surface area (Å²) in [7, 11) is 0. The van der Waals surface area contributed by atoms with Crippen molar-refractivity contribution in [3.8, 4) is 0 Å².